The van der Waals surface area contributed by atoms with E-state index < -0.39 is 52.7 Å². The average Bonchev–Trinajstić information content (AvgIpc) is 3.31. The molecule has 16 nitrogen and oxygen atoms in total. The summed E-state index contributed by atoms with van der Waals surface area (Å²) < 4.78 is 11.4. The second-order valence-corrected chi connectivity index (χ2v) is 18.5. The second-order valence-electron chi connectivity index (χ2n) is 15.7. The Morgan fingerprint density at radius 2 is 0.944 bits per heavy atom. The molecular weight excluding hydrogens is 1020 g/mol. The molecule has 5 rings (SSSR count). The Bertz CT molecular complexity index is 2890. The number of hydrogen-bond acceptors (Lipinski definition) is 12. The Morgan fingerprint density at radius 3 is 1.34 bits per heavy atom. The van der Waals surface area contributed by atoms with Gasteiger partial charge in [-0.15, -0.1) is 34.8 Å². The molecule has 0 bridgehead atoms. The van der Waals surface area contributed by atoms with Crippen LogP contribution in [-0.4, -0.2) is 60.5 Å². The maximum absolute atomic E-state index is 13.6. The van der Waals surface area contributed by atoms with Gasteiger partial charge in [0.2, 0.25) is 12.1 Å². The van der Waals surface area contributed by atoms with E-state index in [1.54, 1.807) is 43.3 Å². The molecule has 71 heavy (non-hydrogen) atoms. The molecule has 5 unspecified atom stereocenters. The molecule has 0 saturated carbocycles. The van der Waals surface area contributed by atoms with Gasteiger partial charge in [0.25, 0.3) is 23.6 Å². The number of alkyl halides is 3. The van der Waals surface area contributed by atoms with Crippen LogP contribution in [-0.2, 0) is 19.2 Å². The van der Waals surface area contributed by atoms with Crippen LogP contribution >= 0.6 is 58.0 Å². The van der Waals surface area contributed by atoms with E-state index >= 15 is 0 Å². The van der Waals surface area contributed by atoms with Gasteiger partial charge in [-0.05, 0) is 144 Å². The lowest BCUT2D eigenvalue weighted by Crippen LogP contribution is -2.32. The van der Waals surface area contributed by atoms with Crippen LogP contribution in [0.5, 0.6) is 11.5 Å². The van der Waals surface area contributed by atoms with Crippen molar-refractivity contribution < 1.29 is 38.2 Å². The highest BCUT2D eigenvalue weighted by molar-refractivity contribution is 6.33. The SMILES string of the molecule is CCOc1cc(C(C)Cl)ccc1NC(=O)c1ccc(Cl)c(N=NC(C(C)=O)C(=O)Nc2ccc(NC(=O)C(N=Nc3cc(C(=O)Nc4ccc(C(C)Cl)cc4OCC)ccc3Cl)C(C)=O)c(C(C)Cl)c2)c1. The van der Waals surface area contributed by atoms with Gasteiger partial charge in [0.05, 0.1) is 50.8 Å². The first-order chi connectivity index (χ1) is 33.7. The number of hydrogen-bond donors (Lipinski definition) is 4. The molecule has 0 aliphatic carbocycles. The van der Waals surface area contributed by atoms with E-state index in [2.05, 4.69) is 41.7 Å². The lowest BCUT2D eigenvalue weighted by molar-refractivity contribution is -0.127. The molecule has 4 amide bonds. The van der Waals surface area contributed by atoms with Crippen LogP contribution in [0.3, 0.4) is 0 Å². The Morgan fingerprint density at radius 1 is 0.521 bits per heavy atom. The van der Waals surface area contributed by atoms with E-state index in [4.69, 9.17) is 67.5 Å². The van der Waals surface area contributed by atoms with Crippen molar-refractivity contribution in [1.82, 2.24) is 0 Å². The van der Waals surface area contributed by atoms with Crippen LogP contribution in [0.1, 0.15) is 102 Å². The minimum Gasteiger partial charge on any atom is -0.492 e. The maximum atomic E-state index is 13.6. The highest BCUT2D eigenvalue weighted by atomic mass is 35.5. The number of ketones is 2. The average molecular weight is 1070 g/mol. The minimum atomic E-state index is -1.66. The van der Waals surface area contributed by atoms with Crippen molar-refractivity contribution in [3.63, 3.8) is 0 Å². The summed E-state index contributed by atoms with van der Waals surface area (Å²) in [4.78, 5) is 79.3. The number of nitrogens with one attached hydrogen (secondary N) is 4. The Balaban J connectivity index is 1.29. The number of Topliss-reactive ketones (excluding diaryl/α,β-unsaturated/α-hetero) is 2. The number of carbonyl (C=O) groups is 6. The van der Waals surface area contributed by atoms with Gasteiger partial charge in [-0.3, -0.25) is 28.8 Å². The number of amides is 4. The molecule has 0 fully saturated rings. The molecule has 0 spiro atoms. The monoisotopic (exact) mass is 1060 g/mol. The molecular formula is C50H49Cl5N8O8. The number of benzene rings is 5. The van der Waals surface area contributed by atoms with Crippen LogP contribution in [0.25, 0.3) is 0 Å². The van der Waals surface area contributed by atoms with E-state index in [-0.39, 0.29) is 54.7 Å². The molecule has 0 aliphatic rings. The zero-order valence-electron chi connectivity index (χ0n) is 39.4. The number of ether oxygens (including phenoxy) is 2. The smallest absolute Gasteiger partial charge is 0.258 e. The van der Waals surface area contributed by atoms with Crippen molar-refractivity contribution in [3.05, 3.63) is 129 Å². The van der Waals surface area contributed by atoms with Gasteiger partial charge in [0.15, 0.2) is 11.6 Å². The summed E-state index contributed by atoms with van der Waals surface area (Å²) in [6.45, 7) is 11.8. The number of halogens is 5. The van der Waals surface area contributed by atoms with Gasteiger partial charge in [0.1, 0.15) is 22.9 Å². The number of azo groups is 2. The van der Waals surface area contributed by atoms with E-state index in [1.807, 2.05) is 27.7 Å². The topological polar surface area (TPSA) is 218 Å². The predicted octanol–water partition coefficient (Wildman–Crippen LogP) is 13.6. The molecule has 0 aliphatic heterocycles. The van der Waals surface area contributed by atoms with Gasteiger partial charge in [0, 0.05) is 22.5 Å². The first-order valence-corrected chi connectivity index (χ1v) is 24.0. The molecule has 0 aromatic heterocycles. The third-order valence-corrected chi connectivity index (χ3v) is 11.7. The molecule has 372 valence electrons. The van der Waals surface area contributed by atoms with Crippen molar-refractivity contribution in [1.29, 1.82) is 0 Å². The summed E-state index contributed by atoms with van der Waals surface area (Å²) in [5.74, 6) is -3.26. The second kappa shape index (κ2) is 25.6. The summed E-state index contributed by atoms with van der Waals surface area (Å²) in [7, 11) is 0. The Kier molecular flexibility index (Phi) is 20.0. The highest BCUT2D eigenvalue weighted by Gasteiger charge is 2.27. The number of rotatable bonds is 21. The van der Waals surface area contributed by atoms with E-state index in [9.17, 15) is 28.8 Å². The zero-order chi connectivity index (χ0) is 52.1. The summed E-state index contributed by atoms with van der Waals surface area (Å²) in [6, 6.07) is 19.9. The van der Waals surface area contributed by atoms with Gasteiger partial charge in [-0.1, -0.05) is 35.3 Å². The third-order valence-electron chi connectivity index (χ3n) is 10.3. The van der Waals surface area contributed by atoms with Gasteiger partial charge in [-0.25, -0.2) is 0 Å². The quantitative estimate of drug-likeness (QED) is 0.0314. The van der Waals surface area contributed by atoms with E-state index in [0.29, 0.717) is 41.7 Å². The number of carbonyl (C=O) groups excluding carboxylic acids is 6. The van der Waals surface area contributed by atoms with Gasteiger partial charge >= 0.3 is 0 Å². The van der Waals surface area contributed by atoms with Gasteiger partial charge in [-0.2, -0.15) is 20.5 Å². The first kappa shape index (κ1) is 55.5. The van der Waals surface area contributed by atoms with Crippen molar-refractivity contribution in [2.75, 3.05) is 34.5 Å². The molecule has 5 aromatic rings. The summed E-state index contributed by atoms with van der Waals surface area (Å²) >= 11 is 31.8. The Hall–Kier alpha value is -6.43. The summed E-state index contributed by atoms with van der Waals surface area (Å²) in [6.07, 6.45) is 0. The van der Waals surface area contributed by atoms with Crippen molar-refractivity contribution in [2.24, 2.45) is 20.5 Å². The molecule has 0 radical (unpaired) electrons. The predicted molar refractivity (Wildman–Crippen MR) is 279 cm³/mol. The first-order valence-electron chi connectivity index (χ1n) is 22.0. The molecule has 21 heteroatoms. The summed E-state index contributed by atoms with van der Waals surface area (Å²) in [5, 5.41) is 25.8. The van der Waals surface area contributed by atoms with Crippen LogP contribution in [0.2, 0.25) is 10.0 Å². The number of nitrogens with zero attached hydrogens (tertiary/aromatic N) is 4. The van der Waals surface area contributed by atoms with E-state index in [1.165, 1.54) is 54.6 Å². The fraction of sp³-hybridized carbons (Fsp3) is 0.280. The number of anilines is 4. The van der Waals surface area contributed by atoms with Gasteiger partial charge < -0.3 is 30.7 Å². The van der Waals surface area contributed by atoms with Crippen LogP contribution < -0.4 is 30.7 Å². The third kappa shape index (κ3) is 15.0. The van der Waals surface area contributed by atoms with Crippen molar-refractivity contribution in [2.45, 2.75) is 76.7 Å². The highest BCUT2D eigenvalue weighted by Crippen LogP contribution is 2.35. The Labute approximate surface area is 435 Å². The fourth-order valence-corrected chi connectivity index (χ4v) is 7.31. The van der Waals surface area contributed by atoms with Crippen LogP contribution in [0, 0.1) is 0 Å². The fourth-order valence-electron chi connectivity index (χ4n) is 6.55. The lowest BCUT2D eigenvalue weighted by atomic mass is 10.1. The molecule has 4 N–H and O–H groups in total. The standard InChI is InChI=1S/C50H49Cl5N8O8/c1-8-70-43-22-30(25(3)51)12-17-39(43)58-47(66)32-10-15-36(54)41(20-32)60-62-45(28(6)64)49(68)56-34-14-19-38(35(24-34)27(5)53)57-50(69)46(29(7)65)63-61-42-21-33(11-16-37(42)55)48(67)59-40-18-13-31(26(4)52)23-44(40)71-9-2/h10-27,45-46H,8-9H2,1-7H3,(H,56,68)(H,57,69)(H,58,66)(H,59,67). The molecule has 0 heterocycles. The van der Waals surface area contributed by atoms with Crippen molar-refractivity contribution >= 4 is 127 Å². The van der Waals surface area contributed by atoms with E-state index in [0.717, 1.165) is 25.0 Å². The lowest BCUT2D eigenvalue weighted by Gasteiger charge is -2.17. The normalized spacial score (nSPS) is 13.4. The summed E-state index contributed by atoms with van der Waals surface area (Å²) in [5.41, 5.74) is 3.37. The van der Waals surface area contributed by atoms with Crippen LogP contribution in [0.4, 0.5) is 34.1 Å². The largest absolute Gasteiger partial charge is 0.492 e. The minimum absolute atomic E-state index is 0.00429. The zero-order valence-corrected chi connectivity index (χ0v) is 43.2. The molecule has 5 atom stereocenters. The maximum Gasteiger partial charge on any atom is 0.258 e. The molecule has 0 saturated heterocycles. The van der Waals surface area contributed by atoms with Crippen molar-refractivity contribution in [3.8, 4) is 11.5 Å². The van der Waals surface area contributed by atoms with Crippen LogP contribution in [0.15, 0.2) is 111 Å². The molecule has 5 aromatic carbocycles.